The summed E-state index contributed by atoms with van der Waals surface area (Å²) in [6.45, 7) is 1.55. The number of amides is 1. The zero-order valence-electron chi connectivity index (χ0n) is 14.2. The third-order valence-corrected chi connectivity index (χ3v) is 4.96. The molecule has 26 heavy (non-hydrogen) atoms. The Morgan fingerprint density at radius 1 is 1.12 bits per heavy atom. The number of hydrogen-bond acceptors (Lipinski definition) is 4. The molecule has 1 aliphatic rings. The van der Waals surface area contributed by atoms with Crippen LogP contribution in [-0.4, -0.2) is 29.0 Å². The van der Waals surface area contributed by atoms with Crippen LogP contribution in [0.2, 0.25) is 5.15 Å². The quantitative estimate of drug-likeness (QED) is 0.708. The minimum absolute atomic E-state index is 0.0151. The Bertz CT molecular complexity index is 924. The number of piperidine rings is 1. The first kappa shape index (κ1) is 16.8. The van der Waals surface area contributed by atoms with Crippen LogP contribution in [0.15, 0.2) is 54.7 Å². The molecular weight excluding hydrogens is 348 g/mol. The van der Waals surface area contributed by atoms with Crippen molar-refractivity contribution in [2.45, 2.75) is 12.8 Å². The summed E-state index contributed by atoms with van der Waals surface area (Å²) in [6, 6.07) is 15.5. The van der Waals surface area contributed by atoms with Crippen LogP contribution in [0.4, 0.5) is 11.6 Å². The molecule has 4 rings (SSSR count). The van der Waals surface area contributed by atoms with Crippen LogP contribution in [0, 0.1) is 5.92 Å². The number of benzene rings is 1. The summed E-state index contributed by atoms with van der Waals surface area (Å²) < 4.78 is 0. The highest BCUT2D eigenvalue weighted by Crippen LogP contribution is 2.30. The second-order valence-corrected chi connectivity index (χ2v) is 6.84. The van der Waals surface area contributed by atoms with E-state index in [0.29, 0.717) is 11.0 Å². The molecular formula is C20H19ClN4O. The summed E-state index contributed by atoms with van der Waals surface area (Å²) in [5.74, 6) is 1.52. The molecule has 0 bridgehead atoms. The predicted octanol–water partition coefficient (Wildman–Crippen LogP) is 4.14. The number of carbonyl (C=O) groups is 1. The average Bonchev–Trinajstić information content (AvgIpc) is 2.68. The predicted molar refractivity (Wildman–Crippen MR) is 105 cm³/mol. The van der Waals surface area contributed by atoms with Gasteiger partial charge in [-0.25, -0.2) is 9.97 Å². The molecule has 1 amide bonds. The molecule has 6 heteroatoms. The third kappa shape index (κ3) is 3.48. The Balaban J connectivity index is 1.46. The van der Waals surface area contributed by atoms with Gasteiger partial charge in [0.1, 0.15) is 16.8 Å². The van der Waals surface area contributed by atoms with Crippen LogP contribution in [0.25, 0.3) is 10.8 Å². The summed E-state index contributed by atoms with van der Waals surface area (Å²) in [5.41, 5.74) is 0. The zero-order chi connectivity index (χ0) is 17.9. The lowest BCUT2D eigenvalue weighted by Crippen LogP contribution is -2.38. The SMILES string of the molecule is O=C(Nc1ccccn1)C1CCN(c2nc(Cl)cc3ccccc23)CC1. The first-order chi connectivity index (χ1) is 12.7. The number of nitrogens with one attached hydrogen (secondary N) is 1. The molecule has 3 heterocycles. The molecule has 3 aromatic rings. The Morgan fingerprint density at radius 3 is 2.65 bits per heavy atom. The van der Waals surface area contributed by atoms with Crippen LogP contribution < -0.4 is 10.2 Å². The van der Waals surface area contributed by atoms with Gasteiger partial charge in [-0.15, -0.1) is 0 Å². The lowest BCUT2D eigenvalue weighted by molar-refractivity contribution is -0.120. The number of halogens is 1. The summed E-state index contributed by atoms with van der Waals surface area (Å²) in [6.07, 6.45) is 3.23. The van der Waals surface area contributed by atoms with Gasteiger partial charge in [0.15, 0.2) is 0 Å². The number of nitrogens with zero attached hydrogens (tertiary/aromatic N) is 3. The second kappa shape index (κ2) is 7.30. The highest BCUT2D eigenvalue weighted by atomic mass is 35.5. The maximum absolute atomic E-state index is 12.5. The molecule has 0 atom stereocenters. The molecule has 0 radical (unpaired) electrons. The number of carbonyl (C=O) groups excluding carboxylic acids is 1. The van der Waals surface area contributed by atoms with Crippen molar-refractivity contribution in [3.8, 4) is 0 Å². The topological polar surface area (TPSA) is 58.1 Å². The van der Waals surface area contributed by atoms with Crippen molar-refractivity contribution < 1.29 is 4.79 Å². The maximum atomic E-state index is 12.5. The van der Waals surface area contributed by atoms with Crippen molar-refractivity contribution in [3.05, 3.63) is 59.9 Å². The standard InChI is InChI=1S/C20H19ClN4O/c21-17-13-15-5-1-2-6-16(15)19(23-17)25-11-8-14(9-12-25)20(26)24-18-7-3-4-10-22-18/h1-7,10,13-14H,8-9,11-12H2,(H,22,24,26). The van der Waals surface area contributed by atoms with Gasteiger partial charge >= 0.3 is 0 Å². The minimum atomic E-state index is -0.0151. The summed E-state index contributed by atoms with van der Waals surface area (Å²) in [5, 5.41) is 5.57. The van der Waals surface area contributed by atoms with Gasteiger partial charge in [-0.2, -0.15) is 0 Å². The molecule has 5 nitrogen and oxygen atoms in total. The van der Waals surface area contributed by atoms with Gasteiger partial charge in [0.05, 0.1) is 0 Å². The number of rotatable bonds is 3. The molecule has 132 valence electrons. The van der Waals surface area contributed by atoms with Gasteiger partial charge in [-0.05, 0) is 36.4 Å². The Hall–Kier alpha value is -2.66. The summed E-state index contributed by atoms with van der Waals surface area (Å²) in [4.78, 5) is 23.4. The molecule has 1 aromatic carbocycles. The van der Waals surface area contributed by atoms with Gasteiger partial charge in [0.25, 0.3) is 0 Å². The van der Waals surface area contributed by atoms with Crippen LogP contribution in [0.5, 0.6) is 0 Å². The van der Waals surface area contributed by atoms with Crippen molar-refractivity contribution in [2.75, 3.05) is 23.3 Å². The number of fused-ring (bicyclic) bond motifs is 1. The van der Waals surface area contributed by atoms with Gasteiger partial charge < -0.3 is 10.2 Å². The molecule has 1 N–H and O–H groups in total. The van der Waals surface area contributed by atoms with E-state index in [1.54, 1.807) is 12.3 Å². The number of aromatic nitrogens is 2. The Morgan fingerprint density at radius 2 is 1.88 bits per heavy atom. The molecule has 1 fully saturated rings. The van der Waals surface area contributed by atoms with Crippen molar-refractivity contribution in [2.24, 2.45) is 5.92 Å². The highest BCUT2D eigenvalue weighted by Gasteiger charge is 2.26. The first-order valence-electron chi connectivity index (χ1n) is 8.73. The molecule has 1 saturated heterocycles. The van der Waals surface area contributed by atoms with Gasteiger partial charge in [0, 0.05) is 30.6 Å². The smallest absolute Gasteiger partial charge is 0.228 e. The zero-order valence-corrected chi connectivity index (χ0v) is 15.0. The highest BCUT2D eigenvalue weighted by molar-refractivity contribution is 6.30. The normalized spacial score (nSPS) is 15.2. The van der Waals surface area contributed by atoms with E-state index >= 15 is 0 Å². The number of hydrogen-bond donors (Lipinski definition) is 1. The monoisotopic (exact) mass is 366 g/mol. The lowest BCUT2D eigenvalue weighted by atomic mass is 9.95. The van der Waals surface area contributed by atoms with Gasteiger partial charge in [0.2, 0.25) is 5.91 Å². The van der Waals surface area contributed by atoms with E-state index in [4.69, 9.17) is 11.6 Å². The average molecular weight is 367 g/mol. The summed E-state index contributed by atoms with van der Waals surface area (Å²) in [7, 11) is 0. The molecule has 1 aliphatic heterocycles. The van der Waals surface area contributed by atoms with Crippen molar-refractivity contribution in [1.29, 1.82) is 0 Å². The molecule has 0 aliphatic carbocycles. The minimum Gasteiger partial charge on any atom is -0.356 e. The number of anilines is 2. The van der Waals surface area contributed by atoms with Crippen LogP contribution in [0.3, 0.4) is 0 Å². The van der Waals surface area contributed by atoms with Crippen LogP contribution >= 0.6 is 11.6 Å². The lowest BCUT2D eigenvalue weighted by Gasteiger charge is -2.32. The van der Waals surface area contributed by atoms with Crippen LogP contribution in [0.1, 0.15) is 12.8 Å². The van der Waals surface area contributed by atoms with Crippen molar-refractivity contribution >= 4 is 39.9 Å². The van der Waals surface area contributed by atoms with Crippen molar-refractivity contribution in [1.82, 2.24) is 9.97 Å². The van der Waals surface area contributed by atoms with E-state index in [0.717, 1.165) is 42.5 Å². The molecule has 0 saturated carbocycles. The Kier molecular flexibility index (Phi) is 4.71. The van der Waals surface area contributed by atoms with Crippen molar-refractivity contribution in [3.63, 3.8) is 0 Å². The summed E-state index contributed by atoms with van der Waals surface area (Å²) >= 11 is 6.20. The van der Waals surface area contributed by atoms with E-state index in [2.05, 4.69) is 26.3 Å². The Labute approximate surface area is 157 Å². The maximum Gasteiger partial charge on any atom is 0.228 e. The largest absolute Gasteiger partial charge is 0.356 e. The molecule has 2 aromatic heterocycles. The molecule has 0 unspecified atom stereocenters. The van der Waals surface area contributed by atoms with E-state index < -0.39 is 0 Å². The number of pyridine rings is 2. The first-order valence-corrected chi connectivity index (χ1v) is 9.10. The van der Waals surface area contributed by atoms with Crippen LogP contribution in [-0.2, 0) is 4.79 Å². The second-order valence-electron chi connectivity index (χ2n) is 6.46. The fraction of sp³-hybridized carbons (Fsp3) is 0.250. The fourth-order valence-corrected chi connectivity index (χ4v) is 3.61. The van der Waals surface area contributed by atoms with E-state index in [-0.39, 0.29) is 11.8 Å². The molecule has 0 spiro atoms. The fourth-order valence-electron chi connectivity index (χ4n) is 3.41. The van der Waals surface area contributed by atoms with E-state index in [1.807, 2.05) is 36.4 Å². The van der Waals surface area contributed by atoms with E-state index in [9.17, 15) is 4.79 Å². The van der Waals surface area contributed by atoms with Gasteiger partial charge in [-0.3, -0.25) is 4.79 Å². The van der Waals surface area contributed by atoms with Gasteiger partial charge in [-0.1, -0.05) is 41.9 Å². The third-order valence-electron chi connectivity index (χ3n) is 4.77. The van der Waals surface area contributed by atoms with E-state index in [1.165, 1.54) is 0 Å².